The summed E-state index contributed by atoms with van der Waals surface area (Å²) in [5.74, 6) is 0.398. The van der Waals surface area contributed by atoms with Gasteiger partial charge in [-0.2, -0.15) is 13.2 Å². The van der Waals surface area contributed by atoms with Gasteiger partial charge in [0.05, 0.1) is 6.42 Å². The molecule has 1 rings (SSSR count). The largest absolute Gasteiger partial charge is 0.390 e. The van der Waals surface area contributed by atoms with Crippen molar-refractivity contribution in [1.82, 2.24) is 10.6 Å². The number of guanidine groups is 1. The van der Waals surface area contributed by atoms with Crippen LogP contribution in [-0.4, -0.2) is 31.8 Å². The van der Waals surface area contributed by atoms with Crippen LogP contribution in [0.1, 0.15) is 23.1 Å². The second-order valence-corrected chi connectivity index (χ2v) is 6.00. The molecule has 20 heavy (non-hydrogen) atoms. The summed E-state index contributed by atoms with van der Waals surface area (Å²) in [5.41, 5.74) is 0. The maximum atomic E-state index is 12.1. The van der Waals surface area contributed by atoms with Gasteiger partial charge in [0.1, 0.15) is 0 Å². The average Bonchev–Trinajstić information content (AvgIpc) is 2.71. The third-order valence-electron chi connectivity index (χ3n) is 2.61. The Balaban J connectivity index is 2.36. The lowest BCUT2D eigenvalue weighted by Gasteiger charge is -2.17. The fourth-order valence-electron chi connectivity index (χ4n) is 1.70. The van der Waals surface area contributed by atoms with Crippen LogP contribution in [0.4, 0.5) is 13.2 Å². The van der Waals surface area contributed by atoms with Crippen LogP contribution in [0.15, 0.2) is 17.1 Å². The average molecular weight is 307 g/mol. The molecule has 3 nitrogen and oxygen atoms in total. The lowest BCUT2D eigenvalue weighted by Crippen LogP contribution is -2.43. The van der Waals surface area contributed by atoms with Crippen LogP contribution in [0.5, 0.6) is 0 Å². The molecular formula is C13H20F3N3S. The van der Waals surface area contributed by atoms with Crippen molar-refractivity contribution in [3.8, 4) is 0 Å². The van der Waals surface area contributed by atoms with Crippen molar-refractivity contribution in [3.05, 3.63) is 21.9 Å². The van der Waals surface area contributed by atoms with Gasteiger partial charge in [0.15, 0.2) is 5.96 Å². The Morgan fingerprint density at radius 2 is 2.10 bits per heavy atom. The number of nitrogens with one attached hydrogen (secondary N) is 2. The number of aliphatic imine (C=N–C) groups is 1. The molecule has 0 saturated heterocycles. The SMILES string of the molecule is CN=C(NCCC(F)(F)F)NC(C)Cc1ccc(C)s1. The highest BCUT2D eigenvalue weighted by Gasteiger charge is 2.26. The number of halogens is 3. The highest BCUT2D eigenvalue weighted by Crippen LogP contribution is 2.18. The molecule has 1 atom stereocenters. The predicted octanol–water partition coefficient (Wildman–Crippen LogP) is 3.10. The molecule has 0 saturated carbocycles. The minimum Gasteiger partial charge on any atom is -0.356 e. The van der Waals surface area contributed by atoms with Gasteiger partial charge in [0.25, 0.3) is 0 Å². The zero-order valence-electron chi connectivity index (χ0n) is 11.8. The summed E-state index contributed by atoms with van der Waals surface area (Å²) in [7, 11) is 1.55. The molecule has 0 bridgehead atoms. The highest BCUT2D eigenvalue weighted by molar-refractivity contribution is 7.11. The molecular weight excluding hydrogens is 287 g/mol. The molecule has 114 valence electrons. The quantitative estimate of drug-likeness (QED) is 0.648. The Bertz CT molecular complexity index is 440. The van der Waals surface area contributed by atoms with Crippen molar-refractivity contribution in [3.63, 3.8) is 0 Å². The number of hydrogen-bond acceptors (Lipinski definition) is 2. The van der Waals surface area contributed by atoms with Crippen LogP contribution in [-0.2, 0) is 6.42 Å². The fourth-order valence-corrected chi connectivity index (χ4v) is 2.72. The van der Waals surface area contributed by atoms with Crippen molar-refractivity contribution in [2.45, 2.75) is 38.9 Å². The summed E-state index contributed by atoms with van der Waals surface area (Å²) in [4.78, 5) is 6.42. The first-order chi connectivity index (χ1) is 9.30. The van der Waals surface area contributed by atoms with E-state index in [1.165, 1.54) is 9.75 Å². The summed E-state index contributed by atoms with van der Waals surface area (Å²) < 4.78 is 36.2. The van der Waals surface area contributed by atoms with Crippen molar-refractivity contribution in [1.29, 1.82) is 0 Å². The van der Waals surface area contributed by atoms with E-state index in [4.69, 9.17) is 0 Å². The van der Waals surface area contributed by atoms with E-state index >= 15 is 0 Å². The number of hydrogen-bond donors (Lipinski definition) is 2. The fraction of sp³-hybridized carbons (Fsp3) is 0.615. The minimum absolute atomic E-state index is 0.102. The summed E-state index contributed by atoms with van der Waals surface area (Å²) in [6, 6.07) is 4.23. The van der Waals surface area contributed by atoms with E-state index in [9.17, 15) is 13.2 Å². The van der Waals surface area contributed by atoms with Gasteiger partial charge in [-0.05, 0) is 26.0 Å². The Kier molecular flexibility index (Phi) is 6.32. The Hall–Kier alpha value is -1.24. The molecule has 0 amide bonds. The second-order valence-electron chi connectivity index (χ2n) is 4.63. The molecule has 1 aromatic rings. The molecule has 0 spiro atoms. The first-order valence-electron chi connectivity index (χ1n) is 6.39. The van der Waals surface area contributed by atoms with Crippen LogP contribution in [0.2, 0.25) is 0 Å². The number of alkyl halides is 3. The first-order valence-corrected chi connectivity index (χ1v) is 7.21. The highest BCUT2D eigenvalue weighted by atomic mass is 32.1. The Labute approximate surface area is 121 Å². The van der Waals surface area contributed by atoms with Gasteiger partial charge in [-0.25, -0.2) is 0 Å². The maximum Gasteiger partial charge on any atom is 0.390 e. The van der Waals surface area contributed by atoms with Crippen LogP contribution in [0, 0.1) is 6.92 Å². The van der Waals surface area contributed by atoms with Gasteiger partial charge in [-0.15, -0.1) is 11.3 Å². The second kappa shape index (κ2) is 7.52. The van der Waals surface area contributed by atoms with E-state index in [2.05, 4.69) is 27.8 Å². The molecule has 1 aromatic heterocycles. The van der Waals surface area contributed by atoms with Gasteiger partial charge >= 0.3 is 6.18 Å². The zero-order valence-corrected chi connectivity index (χ0v) is 12.7. The molecule has 0 aliphatic heterocycles. The third-order valence-corrected chi connectivity index (χ3v) is 3.63. The minimum atomic E-state index is -4.15. The van der Waals surface area contributed by atoms with Gasteiger partial charge in [0, 0.05) is 35.8 Å². The van der Waals surface area contributed by atoms with Crippen LogP contribution in [0.25, 0.3) is 0 Å². The van der Waals surface area contributed by atoms with Crippen LogP contribution >= 0.6 is 11.3 Å². The van der Waals surface area contributed by atoms with Gasteiger partial charge < -0.3 is 10.6 Å². The summed E-state index contributed by atoms with van der Waals surface area (Å²) in [6.07, 6.45) is -4.20. The van der Waals surface area contributed by atoms with Crippen molar-refractivity contribution in [2.24, 2.45) is 4.99 Å². The van der Waals surface area contributed by atoms with Gasteiger partial charge in [0.2, 0.25) is 0 Å². The van der Waals surface area contributed by atoms with E-state index < -0.39 is 12.6 Å². The van der Waals surface area contributed by atoms with E-state index in [-0.39, 0.29) is 12.6 Å². The summed E-state index contributed by atoms with van der Waals surface area (Å²) in [6.45, 7) is 3.85. The molecule has 0 aromatic carbocycles. The van der Waals surface area contributed by atoms with E-state index in [0.29, 0.717) is 5.96 Å². The zero-order chi connectivity index (χ0) is 15.2. The Morgan fingerprint density at radius 3 is 2.60 bits per heavy atom. The molecule has 7 heteroatoms. The number of rotatable bonds is 5. The van der Waals surface area contributed by atoms with E-state index in [1.54, 1.807) is 18.4 Å². The third kappa shape index (κ3) is 6.79. The first kappa shape index (κ1) is 16.8. The van der Waals surface area contributed by atoms with Gasteiger partial charge in [-0.3, -0.25) is 4.99 Å². The van der Waals surface area contributed by atoms with Crippen LogP contribution < -0.4 is 10.6 Å². The van der Waals surface area contributed by atoms with Crippen molar-refractivity contribution in [2.75, 3.05) is 13.6 Å². The standard InChI is InChI=1S/C13H20F3N3S/c1-9(8-11-5-4-10(2)20-11)19-12(17-3)18-7-6-13(14,15)16/h4-5,9H,6-8H2,1-3H3,(H2,17,18,19). The maximum absolute atomic E-state index is 12.1. The number of nitrogens with zero attached hydrogens (tertiary/aromatic N) is 1. The van der Waals surface area contributed by atoms with Crippen LogP contribution in [0.3, 0.4) is 0 Å². The molecule has 1 unspecified atom stereocenters. The molecule has 0 fully saturated rings. The number of thiophene rings is 1. The normalized spacial score (nSPS) is 14.2. The number of aryl methyl sites for hydroxylation is 1. The van der Waals surface area contributed by atoms with E-state index in [0.717, 1.165) is 6.42 Å². The molecule has 0 aliphatic carbocycles. The Morgan fingerprint density at radius 1 is 1.40 bits per heavy atom. The smallest absolute Gasteiger partial charge is 0.356 e. The molecule has 0 aliphatic rings. The lowest BCUT2D eigenvalue weighted by molar-refractivity contribution is -0.132. The van der Waals surface area contributed by atoms with Gasteiger partial charge in [-0.1, -0.05) is 0 Å². The summed E-state index contributed by atoms with van der Waals surface area (Å²) in [5, 5.41) is 5.76. The monoisotopic (exact) mass is 307 g/mol. The molecule has 0 radical (unpaired) electrons. The van der Waals surface area contributed by atoms with E-state index in [1.807, 2.05) is 13.8 Å². The topological polar surface area (TPSA) is 36.4 Å². The lowest BCUT2D eigenvalue weighted by atomic mass is 10.2. The molecule has 1 heterocycles. The van der Waals surface area contributed by atoms with Crippen molar-refractivity contribution < 1.29 is 13.2 Å². The summed E-state index contributed by atoms with van der Waals surface area (Å²) >= 11 is 1.72. The van der Waals surface area contributed by atoms with Crippen molar-refractivity contribution >= 4 is 17.3 Å². The predicted molar refractivity (Wildman–Crippen MR) is 77.4 cm³/mol. The molecule has 2 N–H and O–H groups in total.